The van der Waals surface area contributed by atoms with Gasteiger partial charge < -0.3 is 9.55 Å². The maximum absolute atomic E-state index is 8.70. The van der Waals surface area contributed by atoms with Gasteiger partial charge in [0.1, 0.15) is 5.52 Å². The van der Waals surface area contributed by atoms with Gasteiger partial charge in [-0.15, -0.1) is 0 Å². The number of aryl methyl sites for hydroxylation is 3. The van der Waals surface area contributed by atoms with Gasteiger partial charge in [0.2, 0.25) is 0 Å². The molecular weight excluding hydrogens is 370 g/mol. The molecule has 0 bridgehead atoms. The minimum absolute atomic E-state index is 0.417. The number of imidazole rings is 1. The van der Waals surface area contributed by atoms with Crippen LogP contribution in [0, 0.1) is 12.3 Å². The number of aromatic amines is 1. The lowest BCUT2D eigenvalue weighted by Gasteiger charge is -2.23. The first-order valence-corrected chi connectivity index (χ1v) is 10.6. The van der Waals surface area contributed by atoms with Crippen molar-refractivity contribution >= 4 is 32.7 Å². The molecule has 5 aromatic rings. The van der Waals surface area contributed by atoms with Gasteiger partial charge in [0.05, 0.1) is 19.2 Å². The van der Waals surface area contributed by atoms with Crippen molar-refractivity contribution in [2.24, 2.45) is 0 Å². The summed E-state index contributed by atoms with van der Waals surface area (Å²) in [5.74, 6) is 0. The quantitative estimate of drug-likeness (QED) is 0.424. The number of nitrogens with zero attached hydrogens (tertiary/aromatic N) is 3. The zero-order valence-corrected chi connectivity index (χ0v) is 17.0. The fraction of sp³-hybridized carbons (Fsp3) is 0.240. The third-order valence-electron chi connectivity index (χ3n) is 6.69. The van der Waals surface area contributed by atoms with Crippen LogP contribution >= 0.6 is 0 Å². The summed E-state index contributed by atoms with van der Waals surface area (Å²) in [6.45, 7) is 2.86. The molecule has 5 nitrogen and oxygen atoms in total. The lowest BCUT2D eigenvalue weighted by molar-refractivity contribution is 0.688. The van der Waals surface area contributed by atoms with Crippen LogP contribution in [0.1, 0.15) is 35.1 Å². The molecule has 0 atom stereocenters. The maximum Gasteiger partial charge on any atom is 0.182 e. The molecule has 1 aliphatic rings. The largest absolute Gasteiger partial charge is 0.340 e. The Balaban J connectivity index is 1.71. The van der Waals surface area contributed by atoms with Crippen molar-refractivity contribution in [1.29, 1.82) is 5.41 Å². The van der Waals surface area contributed by atoms with E-state index < -0.39 is 0 Å². The number of benzene rings is 3. The molecule has 2 heterocycles. The second-order valence-corrected chi connectivity index (χ2v) is 8.30. The summed E-state index contributed by atoms with van der Waals surface area (Å²) in [5.41, 5.74) is 7.32. The Hall–Kier alpha value is -3.47. The van der Waals surface area contributed by atoms with E-state index in [0.29, 0.717) is 23.2 Å². The van der Waals surface area contributed by atoms with Gasteiger partial charge in [-0.2, -0.15) is 0 Å². The minimum atomic E-state index is 0.417. The molecule has 0 spiro atoms. The number of nitrogens with one attached hydrogen (secondary N) is 2. The number of aromatic nitrogens is 4. The second kappa shape index (κ2) is 6.52. The van der Waals surface area contributed by atoms with Crippen molar-refractivity contribution in [2.75, 3.05) is 0 Å². The van der Waals surface area contributed by atoms with E-state index in [9.17, 15) is 0 Å². The average Bonchev–Trinajstić information content (AvgIpc) is 3.27. The van der Waals surface area contributed by atoms with Gasteiger partial charge in [-0.25, -0.2) is 9.97 Å². The summed E-state index contributed by atoms with van der Waals surface area (Å²) in [4.78, 5) is 11.7. The van der Waals surface area contributed by atoms with Gasteiger partial charge in [-0.05, 0) is 76.4 Å². The van der Waals surface area contributed by atoms with Gasteiger partial charge in [-0.1, -0.05) is 36.4 Å². The molecule has 0 saturated carbocycles. The summed E-state index contributed by atoms with van der Waals surface area (Å²) in [7, 11) is 0. The molecule has 0 amide bonds. The van der Waals surface area contributed by atoms with Gasteiger partial charge in [0.25, 0.3) is 0 Å². The third kappa shape index (κ3) is 2.45. The summed E-state index contributed by atoms with van der Waals surface area (Å²) in [6.07, 6.45) is 8.17. The molecule has 0 saturated heterocycles. The number of H-pyrrole nitrogens is 1. The molecule has 1 aliphatic carbocycles. The Bertz CT molecular complexity index is 1510. The van der Waals surface area contributed by atoms with Crippen LogP contribution in [-0.4, -0.2) is 19.5 Å². The Morgan fingerprint density at radius 3 is 2.73 bits per heavy atom. The van der Waals surface area contributed by atoms with E-state index in [2.05, 4.69) is 58.3 Å². The fourth-order valence-electron chi connectivity index (χ4n) is 5.18. The molecule has 0 unspecified atom stereocenters. The Kier molecular flexibility index (Phi) is 3.78. The Morgan fingerprint density at radius 2 is 1.83 bits per heavy atom. The van der Waals surface area contributed by atoms with Crippen LogP contribution in [0.5, 0.6) is 0 Å². The topological polar surface area (TPSA) is 70.3 Å². The van der Waals surface area contributed by atoms with Crippen molar-refractivity contribution < 1.29 is 0 Å². The summed E-state index contributed by atoms with van der Waals surface area (Å²) in [5, 5.41) is 14.0. The molecule has 0 aliphatic heterocycles. The summed E-state index contributed by atoms with van der Waals surface area (Å²) in [6, 6.07) is 13.3. The molecule has 30 heavy (non-hydrogen) atoms. The first-order chi connectivity index (χ1) is 14.7. The average molecular weight is 393 g/mol. The van der Waals surface area contributed by atoms with E-state index in [1.165, 1.54) is 56.6 Å². The first-order valence-electron chi connectivity index (χ1n) is 10.6. The number of rotatable bonds is 2. The highest BCUT2D eigenvalue weighted by molar-refractivity contribution is 6.07. The fourth-order valence-corrected chi connectivity index (χ4v) is 5.18. The van der Waals surface area contributed by atoms with Crippen LogP contribution in [0.25, 0.3) is 32.7 Å². The van der Waals surface area contributed by atoms with E-state index in [-0.39, 0.29) is 0 Å². The van der Waals surface area contributed by atoms with Gasteiger partial charge in [0, 0.05) is 0 Å². The lowest BCUT2D eigenvalue weighted by atomic mass is 9.83. The van der Waals surface area contributed by atoms with E-state index in [1.54, 1.807) is 12.7 Å². The van der Waals surface area contributed by atoms with Crippen molar-refractivity contribution in [3.8, 4) is 0 Å². The molecule has 0 radical (unpaired) electrons. The van der Waals surface area contributed by atoms with E-state index in [0.717, 1.165) is 12.8 Å². The Labute approximate surface area is 173 Å². The van der Waals surface area contributed by atoms with Crippen LogP contribution in [0.15, 0.2) is 49.1 Å². The summed E-state index contributed by atoms with van der Waals surface area (Å²) >= 11 is 0. The van der Waals surface area contributed by atoms with Crippen LogP contribution in [0.3, 0.4) is 0 Å². The maximum atomic E-state index is 8.70. The van der Waals surface area contributed by atoms with Gasteiger partial charge in [-0.3, -0.25) is 5.41 Å². The van der Waals surface area contributed by atoms with Crippen LogP contribution in [0.4, 0.5) is 0 Å². The van der Waals surface area contributed by atoms with E-state index in [1.807, 2.05) is 4.57 Å². The lowest BCUT2D eigenvalue weighted by Crippen LogP contribution is -2.22. The number of hydrogen-bond acceptors (Lipinski definition) is 3. The van der Waals surface area contributed by atoms with E-state index in [4.69, 9.17) is 5.41 Å². The molecule has 3 aromatic carbocycles. The highest BCUT2D eigenvalue weighted by Crippen LogP contribution is 2.38. The first kappa shape index (κ1) is 17.4. The smallest absolute Gasteiger partial charge is 0.182 e. The van der Waals surface area contributed by atoms with Gasteiger partial charge >= 0.3 is 0 Å². The van der Waals surface area contributed by atoms with Crippen LogP contribution in [0.2, 0.25) is 0 Å². The minimum Gasteiger partial charge on any atom is -0.340 e. The van der Waals surface area contributed by atoms with Crippen molar-refractivity contribution in [1.82, 2.24) is 19.5 Å². The monoisotopic (exact) mass is 393 g/mol. The van der Waals surface area contributed by atoms with Crippen molar-refractivity contribution in [3.63, 3.8) is 0 Å². The highest BCUT2D eigenvalue weighted by atomic mass is 15.1. The predicted octanol–water partition coefficient (Wildman–Crippen LogP) is 4.78. The number of hydrogen-bond donors (Lipinski definition) is 2. The molecule has 2 N–H and O–H groups in total. The second-order valence-electron chi connectivity index (χ2n) is 8.30. The van der Waals surface area contributed by atoms with Crippen molar-refractivity contribution in [2.45, 2.75) is 39.2 Å². The Morgan fingerprint density at radius 1 is 1.00 bits per heavy atom. The number of fused-ring (bicyclic) bond motifs is 5. The zero-order valence-electron chi connectivity index (χ0n) is 17.0. The molecule has 5 heteroatoms. The predicted molar refractivity (Wildman–Crippen MR) is 120 cm³/mol. The highest BCUT2D eigenvalue weighted by Gasteiger charge is 2.19. The standard InChI is InChI=1S/C25H23N5/c1-15-17-7-4-5-9-20(17)21(12-30-14-29-25-23(24(30)26)27-13-28-25)22-18(15)11-10-16-6-2-3-8-19(16)22/h4-5,7,9-11,13-14,26H,2-3,6,8,12H2,1H3,(H,27,28). The SMILES string of the molecule is Cc1c2ccccc2c(Cn2cnc3nc[nH]c3c2=N)c2c3c(ccc12)CCCC3. The molecule has 6 rings (SSSR count). The molecule has 0 fully saturated rings. The van der Waals surface area contributed by atoms with E-state index >= 15 is 0 Å². The van der Waals surface area contributed by atoms with Crippen LogP contribution in [-0.2, 0) is 19.4 Å². The molecular formula is C25H23N5. The van der Waals surface area contributed by atoms with Crippen molar-refractivity contribution in [3.05, 3.63) is 76.8 Å². The normalized spacial score (nSPS) is 13.9. The van der Waals surface area contributed by atoms with Gasteiger partial charge in [0.15, 0.2) is 11.1 Å². The van der Waals surface area contributed by atoms with Crippen LogP contribution < -0.4 is 5.49 Å². The molecule has 2 aromatic heterocycles. The summed E-state index contributed by atoms with van der Waals surface area (Å²) < 4.78 is 1.93. The zero-order chi connectivity index (χ0) is 20.2. The molecule has 148 valence electrons. The third-order valence-corrected chi connectivity index (χ3v) is 6.69.